The van der Waals surface area contributed by atoms with Crippen molar-refractivity contribution < 1.29 is 13.5 Å². The van der Waals surface area contributed by atoms with Crippen LogP contribution in [0.25, 0.3) is 16.6 Å². The summed E-state index contributed by atoms with van der Waals surface area (Å²) < 4.78 is 35.2. The highest BCUT2D eigenvalue weighted by Gasteiger charge is 2.25. The second-order valence-corrected chi connectivity index (χ2v) is 9.79. The van der Waals surface area contributed by atoms with Crippen LogP contribution in [0.2, 0.25) is 10.0 Å². The predicted octanol–water partition coefficient (Wildman–Crippen LogP) is 5.66. The first-order valence-electron chi connectivity index (χ1n) is 11.7. The van der Waals surface area contributed by atoms with Crippen LogP contribution in [0.1, 0.15) is 13.8 Å². The molecule has 1 aliphatic rings. The molecule has 3 heterocycles. The lowest BCUT2D eigenvalue weighted by Crippen LogP contribution is -2.49. The van der Waals surface area contributed by atoms with Crippen LogP contribution >= 0.6 is 23.2 Å². The lowest BCUT2D eigenvalue weighted by Gasteiger charge is -2.38. The quantitative estimate of drug-likeness (QED) is 0.322. The maximum absolute atomic E-state index is 14.5. The van der Waals surface area contributed by atoms with E-state index < -0.39 is 17.2 Å². The van der Waals surface area contributed by atoms with Gasteiger partial charge in [-0.3, -0.25) is 9.69 Å². The SMILES string of the molecule is CC(C)N1CCN(c2cc3c(-c4c(Cl)cccc4Cl)c(=O)ncn3nc2Oc2ccc(F)cc2F)CC1. The molecule has 0 unspecified atom stereocenters. The molecule has 4 aromatic rings. The van der Waals surface area contributed by atoms with E-state index in [2.05, 4.69) is 33.7 Å². The van der Waals surface area contributed by atoms with Gasteiger partial charge in [0.2, 0.25) is 0 Å². The summed E-state index contributed by atoms with van der Waals surface area (Å²) in [6.45, 7) is 7.15. The minimum atomic E-state index is -0.862. The van der Waals surface area contributed by atoms with Gasteiger partial charge < -0.3 is 9.64 Å². The van der Waals surface area contributed by atoms with E-state index in [1.165, 1.54) is 16.9 Å². The Hall–Kier alpha value is -3.27. The zero-order valence-corrected chi connectivity index (χ0v) is 21.6. The van der Waals surface area contributed by atoms with Gasteiger partial charge in [-0.1, -0.05) is 29.3 Å². The molecule has 0 radical (unpaired) electrons. The summed E-state index contributed by atoms with van der Waals surface area (Å²) in [5.41, 5.74) is 0.959. The summed E-state index contributed by atoms with van der Waals surface area (Å²) in [5, 5.41) is 5.13. The molecule has 0 bridgehead atoms. The van der Waals surface area contributed by atoms with Crippen molar-refractivity contribution in [3.8, 4) is 22.8 Å². The number of hydrogen-bond acceptors (Lipinski definition) is 6. The Morgan fingerprint density at radius 1 is 0.973 bits per heavy atom. The fraction of sp³-hybridized carbons (Fsp3) is 0.269. The van der Waals surface area contributed by atoms with E-state index in [1.54, 1.807) is 24.3 Å². The van der Waals surface area contributed by atoms with Crippen molar-refractivity contribution in [1.82, 2.24) is 19.5 Å². The van der Waals surface area contributed by atoms with Gasteiger partial charge in [-0.05, 0) is 44.2 Å². The van der Waals surface area contributed by atoms with Crippen molar-refractivity contribution in [2.75, 3.05) is 31.1 Å². The number of benzene rings is 2. The van der Waals surface area contributed by atoms with Gasteiger partial charge in [-0.25, -0.2) is 13.3 Å². The summed E-state index contributed by atoms with van der Waals surface area (Å²) in [4.78, 5) is 21.3. The minimum absolute atomic E-state index is 0.0812. The average Bonchev–Trinajstić information content (AvgIpc) is 2.86. The number of halogens is 4. The molecule has 192 valence electrons. The summed E-state index contributed by atoms with van der Waals surface area (Å²) in [7, 11) is 0. The largest absolute Gasteiger partial charge is 0.433 e. The van der Waals surface area contributed by atoms with Crippen LogP contribution in [0.3, 0.4) is 0 Å². The van der Waals surface area contributed by atoms with Crippen molar-refractivity contribution in [1.29, 1.82) is 0 Å². The first-order valence-corrected chi connectivity index (χ1v) is 12.5. The van der Waals surface area contributed by atoms with Gasteiger partial charge in [-0.15, -0.1) is 5.10 Å². The first-order chi connectivity index (χ1) is 17.7. The van der Waals surface area contributed by atoms with E-state index >= 15 is 0 Å². The smallest absolute Gasteiger partial charge is 0.281 e. The van der Waals surface area contributed by atoms with Gasteiger partial charge in [-0.2, -0.15) is 4.98 Å². The van der Waals surface area contributed by atoms with Crippen molar-refractivity contribution >= 4 is 34.4 Å². The molecule has 1 fully saturated rings. The highest BCUT2D eigenvalue weighted by Crippen LogP contribution is 2.38. The molecule has 5 rings (SSSR count). The highest BCUT2D eigenvalue weighted by atomic mass is 35.5. The monoisotopic (exact) mass is 545 g/mol. The van der Waals surface area contributed by atoms with Gasteiger partial charge in [0.1, 0.15) is 17.8 Å². The first kappa shape index (κ1) is 25.4. The Labute approximate surface area is 221 Å². The Morgan fingerprint density at radius 3 is 2.32 bits per heavy atom. The number of hydrogen-bond donors (Lipinski definition) is 0. The summed E-state index contributed by atoms with van der Waals surface area (Å²) in [5.74, 6) is -1.68. The van der Waals surface area contributed by atoms with Crippen LogP contribution in [-0.2, 0) is 0 Å². The molecule has 2 aromatic heterocycles. The van der Waals surface area contributed by atoms with Crippen molar-refractivity contribution in [3.63, 3.8) is 0 Å². The van der Waals surface area contributed by atoms with Crippen LogP contribution in [0, 0.1) is 11.6 Å². The second-order valence-electron chi connectivity index (χ2n) is 8.98. The number of piperazine rings is 1. The molecular formula is C26H23Cl2F2N5O2. The third-order valence-corrected chi connectivity index (χ3v) is 7.02. The van der Waals surface area contributed by atoms with E-state index in [1.807, 2.05) is 0 Å². The number of ether oxygens (including phenoxy) is 1. The second kappa shape index (κ2) is 10.2. The Kier molecular flexibility index (Phi) is 7.02. The maximum Gasteiger partial charge on any atom is 0.281 e. The summed E-state index contributed by atoms with van der Waals surface area (Å²) >= 11 is 12.9. The van der Waals surface area contributed by atoms with Gasteiger partial charge in [0.25, 0.3) is 11.4 Å². The third-order valence-electron chi connectivity index (χ3n) is 6.39. The summed E-state index contributed by atoms with van der Waals surface area (Å²) in [6, 6.07) is 10.2. The standard InChI is InChI=1S/C26H23Cl2F2N5O2/c1-15(2)33-8-10-34(11-9-33)21-13-20-24(23-17(27)4-3-5-18(23)28)25(36)31-14-35(20)32-26(21)37-22-7-6-16(29)12-19(22)30/h3-7,12-15H,8-11H2,1-2H3. The summed E-state index contributed by atoms with van der Waals surface area (Å²) in [6.07, 6.45) is 1.25. The fourth-order valence-electron chi connectivity index (χ4n) is 4.43. The molecule has 0 amide bonds. The van der Waals surface area contributed by atoms with Crippen LogP contribution in [0.4, 0.5) is 14.5 Å². The number of anilines is 1. The molecule has 0 atom stereocenters. The van der Waals surface area contributed by atoms with Crippen LogP contribution in [0.5, 0.6) is 11.6 Å². The van der Waals surface area contributed by atoms with E-state index in [0.29, 0.717) is 45.9 Å². The zero-order chi connectivity index (χ0) is 26.3. The molecule has 0 aliphatic carbocycles. The molecule has 37 heavy (non-hydrogen) atoms. The Bertz CT molecular complexity index is 1520. The van der Waals surface area contributed by atoms with Crippen LogP contribution in [0.15, 0.2) is 53.6 Å². The average molecular weight is 546 g/mol. The van der Waals surface area contributed by atoms with Gasteiger partial charge in [0.05, 0.1) is 21.1 Å². The molecule has 7 nitrogen and oxygen atoms in total. The number of rotatable bonds is 5. The lowest BCUT2D eigenvalue weighted by atomic mass is 10.1. The normalized spacial score (nSPS) is 14.5. The predicted molar refractivity (Wildman–Crippen MR) is 140 cm³/mol. The van der Waals surface area contributed by atoms with Gasteiger partial charge in [0.15, 0.2) is 11.6 Å². The van der Waals surface area contributed by atoms with Crippen molar-refractivity contribution in [2.24, 2.45) is 0 Å². The van der Waals surface area contributed by atoms with Gasteiger partial charge in [0, 0.05) is 43.9 Å². The number of nitrogens with zero attached hydrogens (tertiary/aromatic N) is 5. The third kappa shape index (κ3) is 4.99. The molecule has 0 saturated carbocycles. The lowest BCUT2D eigenvalue weighted by molar-refractivity contribution is 0.209. The van der Waals surface area contributed by atoms with Crippen molar-refractivity contribution in [2.45, 2.75) is 19.9 Å². The van der Waals surface area contributed by atoms with E-state index in [-0.39, 0.29) is 17.2 Å². The van der Waals surface area contributed by atoms with Crippen LogP contribution in [-0.4, -0.2) is 51.7 Å². The van der Waals surface area contributed by atoms with E-state index in [0.717, 1.165) is 25.2 Å². The Morgan fingerprint density at radius 2 is 1.68 bits per heavy atom. The maximum atomic E-state index is 14.5. The van der Waals surface area contributed by atoms with Crippen molar-refractivity contribution in [3.05, 3.63) is 80.8 Å². The molecular weight excluding hydrogens is 523 g/mol. The Balaban J connectivity index is 1.70. The molecule has 0 N–H and O–H groups in total. The van der Waals surface area contributed by atoms with Crippen LogP contribution < -0.4 is 15.2 Å². The molecule has 11 heteroatoms. The molecule has 1 saturated heterocycles. The highest BCUT2D eigenvalue weighted by molar-refractivity contribution is 6.39. The van der Waals surface area contributed by atoms with E-state index in [4.69, 9.17) is 27.9 Å². The molecule has 2 aromatic carbocycles. The van der Waals surface area contributed by atoms with Gasteiger partial charge >= 0.3 is 0 Å². The number of fused-ring (bicyclic) bond motifs is 1. The minimum Gasteiger partial charge on any atom is -0.433 e. The number of aromatic nitrogens is 3. The fourth-order valence-corrected chi connectivity index (χ4v) is 5.01. The molecule has 1 aliphatic heterocycles. The topological polar surface area (TPSA) is 63.0 Å². The van der Waals surface area contributed by atoms with E-state index in [9.17, 15) is 13.6 Å². The molecule has 0 spiro atoms. The zero-order valence-electron chi connectivity index (χ0n) is 20.1.